The summed E-state index contributed by atoms with van der Waals surface area (Å²) in [4.78, 5) is 28.3. The summed E-state index contributed by atoms with van der Waals surface area (Å²) in [6, 6.07) is 19.3. The number of benzene rings is 3. The van der Waals surface area contributed by atoms with E-state index in [2.05, 4.69) is 0 Å². The summed E-state index contributed by atoms with van der Waals surface area (Å²) in [6.45, 7) is 3.56. The average molecular weight is 496 g/mol. The zero-order valence-corrected chi connectivity index (χ0v) is 20.2. The van der Waals surface area contributed by atoms with E-state index in [-0.39, 0.29) is 18.0 Å². The number of rotatable bonds is 7. The van der Waals surface area contributed by atoms with Gasteiger partial charge in [-0.15, -0.1) is 0 Å². The molecule has 35 heavy (non-hydrogen) atoms. The number of ether oxygens (including phenoxy) is 1. The first kappa shape index (κ1) is 24.6. The molecule has 3 aromatic carbocycles. The topological polar surface area (TPSA) is 80.8 Å². The second kappa shape index (κ2) is 10.00. The molecule has 0 bridgehead atoms. The van der Waals surface area contributed by atoms with Crippen molar-refractivity contribution in [1.82, 2.24) is 4.90 Å². The average Bonchev–Trinajstić information content (AvgIpc) is 3.13. The van der Waals surface area contributed by atoms with Crippen molar-refractivity contribution < 1.29 is 27.1 Å². The van der Waals surface area contributed by atoms with Crippen molar-refractivity contribution in [1.29, 1.82) is 0 Å². The van der Waals surface area contributed by atoms with Crippen LogP contribution < -0.4 is 0 Å². The van der Waals surface area contributed by atoms with Crippen molar-refractivity contribution >= 4 is 21.7 Å². The molecule has 0 aromatic heterocycles. The Balaban J connectivity index is 1.89. The molecule has 0 radical (unpaired) electrons. The number of sulfone groups is 1. The van der Waals surface area contributed by atoms with Crippen LogP contribution in [-0.2, 0) is 30.7 Å². The summed E-state index contributed by atoms with van der Waals surface area (Å²) >= 11 is 0. The lowest BCUT2D eigenvalue weighted by Crippen LogP contribution is -2.41. The molecule has 1 amide bonds. The molecule has 0 aliphatic carbocycles. The highest BCUT2D eigenvalue weighted by atomic mass is 32.2. The highest BCUT2D eigenvalue weighted by Gasteiger charge is 2.58. The fraction of sp³-hybridized carbons (Fsp3) is 0.259. The fourth-order valence-electron chi connectivity index (χ4n) is 4.51. The highest BCUT2D eigenvalue weighted by molar-refractivity contribution is 7.93. The van der Waals surface area contributed by atoms with Crippen molar-refractivity contribution in [2.75, 3.05) is 6.61 Å². The van der Waals surface area contributed by atoms with Crippen LogP contribution in [-0.4, -0.2) is 43.1 Å². The summed E-state index contributed by atoms with van der Waals surface area (Å²) in [5.74, 6) is -2.99. The van der Waals surface area contributed by atoms with Crippen molar-refractivity contribution in [3.05, 3.63) is 101 Å². The molecule has 1 aliphatic heterocycles. The second-order valence-corrected chi connectivity index (χ2v) is 10.6. The first-order valence-corrected chi connectivity index (χ1v) is 12.9. The maximum atomic E-state index is 13.9. The van der Waals surface area contributed by atoms with Gasteiger partial charge in [0.15, 0.2) is 15.1 Å². The van der Waals surface area contributed by atoms with Crippen LogP contribution >= 0.6 is 0 Å². The SMILES string of the molecule is CCOC(=O)[C@H]1[C@H](c2ccc(F)cc2)[C@@H](S(=O)(=O)c2ccc(C)cc2)C(=O)N1Cc1ccccc1. The Kier molecular flexibility index (Phi) is 7.03. The summed E-state index contributed by atoms with van der Waals surface area (Å²) < 4.78 is 46.8. The van der Waals surface area contributed by atoms with E-state index < -0.39 is 44.7 Å². The van der Waals surface area contributed by atoms with E-state index in [0.717, 1.165) is 11.1 Å². The monoisotopic (exact) mass is 495 g/mol. The normalized spacial score (nSPS) is 20.1. The van der Waals surface area contributed by atoms with E-state index in [4.69, 9.17) is 4.74 Å². The van der Waals surface area contributed by atoms with Crippen LogP contribution in [0.5, 0.6) is 0 Å². The number of esters is 1. The first-order valence-electron chi connectivity index (χ1n) is 11.3. The Morgan fingerprint density at radius 2 is 1.60 bits per heavy atom. The van der Waals surface area contributed by atoms with Crippen molar-refractivity contribution in [3.63, 3.8) is 0 Å². The molecule has 0 saturated carbocycles. The van der Waals surface area contributed by atoms with E-state index in [1.807, 2.05) is 13.0 Å². The molecular weight excluding hydrogens is 469 g/mol. The highest BCUT2D eigenvalue weighted by Crippen LogP contribution is 2.42. The lowest BCUT2D eigenvalue weighted by atomic mass is 9.91. The third-order valence-corrected chi connectivity index (χ3v) is 8.28. The van der Waals surface area contributed by atoms with Crippen molar-refractivity contribution in [3.8, 4) is 0 Å². The molecule has 1 saturated heterocycles. The Morgan fingerprint density at radius 1 is 0.971 bits per heavy atom. The zero-order chi connectivity index (χ0) is 25.2. The smallest absolute Gasteiger partial charge is 0.329 e. The number of aryl methyl sites for hydroxylation is 1. The minimum Gasteiger partial charge on any atom is -0.464 e. The van der Waals surface area contributed by atoms with Gasteiger partial charge < -0.3 is 9.64 Å². The van der Waals surface area contributed by atoms with Crippen LogP contribution in [0.2, 0.25) is 0 Å². The maximum absolute atomic E-state index is 13.9. The van der Waals surface area contributed by atoms with Crippen LogP contribution in [0.3, 0.4) is 0 Å². The Labute approximate surface area is 204 Å². The zero-order valence-electron chi connectivity index (χ0n) is 19.4. The van der Waals surface area contributed by atoms with Crippen LogP contribution in [0.25, 0.3) is 0 Å². The minimum absolute atomic E-state index is 0.0160. The molecule has 0 unspecified atom stereocenters. The van der Waals surface area contributed by atoms with E-state index in [1.54, 1.807) is 43.3 Å². The summed E-state index contributed by atoms with van der Waals surface area (Å²) in [6.07, 6.45) is 0. The van der Waals surface area contributed by atoms with Crippen molar-refractivity contribution in [2.45, 2.75) is 42.5 Å². The van der Waals surface area contributed by atoms with E-state index >= 15 is 0 Å². The summed E-state index contributed by atoms with van der Waals surface area (Å²) in [7, 11) is -4.21. The Morgan fingerprint density at radius 3 is 2.20 bits per heavy atom. The van der Waals surface area contributed by atoms with E-state index in [0.29, 0.717) is 5.56 Å². The quantitative estimate of drug-likeness (QED) is 0.463. The molecule has 4 rings (SSSR count). The Hall–Kier alpha value is -3.52. The van der Waals surface area contributed by atoms with Crippen molar-refractivity contribution in [2.24, 2.45) is 0 Å². The lowest BCUT2D eigenvalue weighted by molar-refractivity contribution is -0.152. The second-order valence-electron chi connectivity index (χ2n) is 8.50. The predicted molar refractivity (Wildman–Crippen MR) is 129 cm³/mol. The molecule has 3 atom stereocenters. The molecule has 1 heterocycles. The van der Waals surface area contributed by atoms with Gasteiger partial charge in [0.05, 0.1) is 11.5 Å². The molecule has 1 fully saturated rings. The van der Waals surface area contributed by atoms with Crippen LogP contribution in [0, 0.1) is 12.7 Å². The third kappa shape index (κ3) is 4.84. The number of hydrogen-bond donors (Lipinski definition) is 0. The van der Waals surface area contributed by atoms with Gasteiger partial charge in [-0.3, -0.25) is 4.79 Å². The van der Waals surface area contributed by atoms with Gasteiger partial charge in [-0.1, -0.05) is 60.2 Å². The van der Waals surface area contributed by atoms with E-state index in [9.17, 15) is 22.4 Å². The number of halogens is 1. The van der Waals surface area contributed by atoms with Gasteiger partial charge in [0.2, 0.25) is 5.91 Å². The molecule has 182 valence electrons. The molecule has 0 spiro atoms. The first-order chi connectivity index (χ1) is 16.7. The van der Waals surface area contributed by atoms with Gasteiger partial charge in [-0.25, -0.2) is 17.6 Å². The van der Waals surface area contributed by atoms with Gasteiger partial charge in [-0.2, -0.15) is 0 Å². The maximum Gasteiger partial charge on any atom is 0.329 e. The summed E-state index contributed by atoms with van der Waals surface area (Å²) in [5, 5.41) is -1.58. The largest absolute Gasteiger partial charge is 0.464 e. The molecule has 0 N–H and O–H groups in total. The van der Waals surface area contributed by atoms with Gasteiger partial charge >= 0.3 is 5.97 Å². The number of likely N-dealkylation sites (tertiary alicyclic amines) is 1. The molecule has 6 nitrogen and oxygen atoms in total. The number of carbonyl (C=O) groups excluding carboxylic acids is 2. The van der Waals surface area contributed by atoms with Gasteiger partial charge in [0, 0.05) is 12.5 Å². The molecule has 1 aliphatic rings. The summed E-state index contributed by atoms with van der Waals surface area (Å²) in [5.41, 5.74) is 1.97. The Bertz CT molecular complexity index is 1310. The van der Waals surface area contributed by atoms with Gasteiger partial charge in [-0.05, 0) is 49.2 Å². The standard InChI is InChI=1S/C27H26FNO5S/c1-3-34-27(31)24-23(20-11-13-21(28)14-12-20)25(35(32,33)22-15-9-18(2)10-16-22)26(30)29(24)17-19-7-5-4-6-8-19/h4-16,23-25H,3,17H2,1-2H3/t23-,24+,25+/m0/s1. The van der Waals surface area contributed by atoms with E-state index in [1.165, 1.54) is 41.3 Å². The minimum atomic E-state index is -4.21. The van der Waals surface area contributed by atoms with Crippen LogP contribution in [0.15, 0.2) is 83.8 Å². The number of carbonyl (C=O) groups is 2. The van der Waals surface area contributed by atoms with Gasteiger partial charge in [0.25, 0.3) is 0 Å². The fourth-order valence-corrected chi connectivity index (χ4v) is 6.42. The molecular formula is C27H26FNO5S. The number of amides is 1. The number of nitrogens with zero attached hydrogens (tertiary/aromatic N) is 1. The lowest BCUT2D eigenvalue weighted by Gasteiger charge is -2.27. The molecule has 3 aromatic rings. The third-order valence-electron chi connectivity index (χ3n) is 6.19. The molecule has 8 heteroatoms. The van der Waals surface area contributed by atoms with Crippen LogP contribution in [0.4, 0.5) is 4.39 Å². The predicted octanol–water partition coefficient (Wildman–Crippen LogP) is 4.03. The van der Waals surface area contributed by atoms with Gasteiger partial charge in [0.1, 0.15) is 11.9 Å². The number of hydrogen-bond acceptors (Lipinski definition) is 5. The van der Waals surface area contributed by atoms with Crippen LogP contribution in [0.1, 0.15) is 29.5 Å².